The van der Waals surface area contributed by atoms with Crippen molar-refractivity contribution in [2.24, 2.45) is 0 Å². The summed E-state index contributed by atoms with van der Waals surface area (Å²) in [6.45, 7) is 3.61. The number of methoxy groups -OCH3 is 1. The van der Waals surface area contributed by atoms with Crippen LogP contribution >= 0.6 is 0 Å². The van der Waals surface area contributed by atoms with Gasteiger partial charge in [-0.1, -0.05) is 12.1 Å². The molecule has 0 spiro atoms. The van der Waals surface area contributed by atoms with Gasteiger partial charge in [0, 0.05) is 12.0 Å². The Morgan fingerprint density at radius 1 is 1.10 bits per heavy atom. The van der Waals surface area contributed by atoms with Crippen molar-refractivity contribution in [3.63, 3.8) is 0 Å². The second-order valence-corrected chi connectivity index (χ2v) is 5.30. The Morgan fingerprint density at radius 2 is 1.81 bits per heavy atom. The van der Waals surface area contributed by atoms with Crippen LogP contribution < -0.4 is 4.74 Å². The normalized spacial score (nSPS) is 12.8. The first kappa shape index (κ1) is 13.5. The van der Waals surface area contributed by atoms with Gasteiger partial charge in [-0.3, -0.25) is 4.79 Å². The Bertz CT molecular complexity index is 775. The average Bonchev–Trinajstić information content (AvgIpc) is 2.46. The molecule has 0 fully saturated rings. The molecule has 0 amide bonds. The molecule has 0 aromatic heterocycles. The fourth-order valence-electron chi connectivity index (χ4n) is 3.00. The van der Waals surface area contributed by atoms with E-state index in [-0.39, 0.29) is 17.3 Å². The van der Waals surface area contributed by atoms with Gasteiger partial charge in [0.15, 0.2) is 0 Å². The van der Waals surface area contributed by atoms with E-state index < -0.39 is 0 Å². The maximum absolute atomic E-state index is 12.8. The van der Waals surface area contributed by atoms with Gasteiger partial charge >= 0.3 is 0 Å². The molecule has 0 unspecified atom stereocenters. The highest BCUT2D eigenvalue weighted by Gasteiger charge is 2.33. The third kappa shape index (κ3) is 1.72. The molecular formula is C17H16O4. The van der Waals surface area contributed by atoms with E-state index >= 15 is 0 Å². The highest BCUT2D eigenvalue weighted by atomic mass is 16.5. The topological polar surface area (TPSA) is 66.8 Å². The van der Waals surface area contributed by atoms with Crippen molar-refractivity contribution < 1.29 is 19.7 Å². The largest absolute Gasteiger partial charge is 0.507 e. The maximum Gasteiger partial charge on any atom is 0.201 e. The van der Waals surface area contributed by atoms with E-state index in [0.29, 0.717) is 40.0 Å². The third-order valence-corrected chi connectivity index (χ3v) is 4.23. The molecular weight excluding hydrogens is 268 g/mol. The number of phenolic OH excluding ortho intramolecular Hbond substituents is 2. The number of benzene rings is 2. The molecule has 0 saturated heterocycles. The summed E-state index contributed by atoms with van der Waals surface area (Å²) in [5.41, 5.74) is 3.38. The molecule has 4 heteroatoms. The van der Waals surface area contributed by atoms with Crippen molar-refractivity contribution >= 4 is 5.78 Å². The van der Waals surface area contributed by atoms with Gasteiger partial charge in [-0.2, -0.15) is 0 Å². The van der Waals surface area contributed by atoms with Gasteiger partial charge < -0.3 is 14.9 Å². The van der Waals surface area contributed by atoms with Crippen molar-refractivity contribution in [2.75, 3.05) is 7.11 Å². The van der Waals surface area contributed by atoms with Crippen molar-refractivity contribution in [2.45, 2.75) is 20.3 Å². The minimum Gasteiger partial charge on any atom is -0.507 e. The number of fused-ring (bicyclic) bond motifs is 2. The van der Waals surface area contributed by atoms with E-state index in [1.807, 2.05) is 6.92 Å². The van der Waals surface area contributed by atoms with E-state index in [1.165, 1.54) is 13.2 Å². The van der Waals surface area contributed by atoms with Crippen molar-refractivity contribution in [1.82, 2.24) is 0 Å². The maximum atomic E-state index is 12.8. The third-order valence-electron chi connectivity index (χ3n) is 4.23. The molecule has 21 heavy (non-hydrogen) atoms. The van der Waals surface area contributed by atoms with E-state index in [1.54, 1.807) is 19.1 Å². The molecule has 0 radical (unpaired) electrons. The summed E-state index contributed by atoms with van der Waals surface area (Å²) in [5.74, 6) is 0.257. The molecule has 1 aliphatic rings. The number of aromatic hydroxyl groups is 2. The van der Waals surface area contributed by atoms with Gasteiger partial charge in [-0.25, -0.2) is 0 Å². The highest BCUT2D eigenvalue weighted by molar-refractivity contribution is 6.16. The van der Waals surface area contributed by atoms with Crippen LogP contribution in [0.1, 0.15) is 38.2 Å². The predicted molar refractivity (Wildman–Crippen MR) is 78.5 cm³/mol. The molecule has 3 rings (SSSR count). The number of carbonyl (C=O) groups is 1. The van der Waals surface area contributed by atoms with Crippen LogP contribution in [0.3, 0.4) is 0 Å². The SMILES string of the molecule is COc1c(C)c(C)c(O)c2c1C(=O)c1c(O)cccc1C2. The molecule has 2 N–H and O–H groups in total. The summed E-state index contributed by atoms with van der Waals surface area (Å²) in [6.07, 6.45) is 0.397. The van der Waals surface area contributed by atoms with E-state index in [0.717, 1.165) is 5.56 Å². The zero-order valence-electron chi connectivity index (χ0n) is 12.2. The molecule has 1 aliphatic carbocycles. The quantitative estimate of drug-likeness (QED) is 0.721. The fourth-order valence-corrected chi connectivity index (χ4v) is 3.00. The first-order valence-corrected chi connectivity index (χ1v) is 6.71. The van der Waals surface area contributed by atoms with Gasteiger partial charge in [0.25, 0.3) is 0 Å². The second-order valence-electron chi connectivity index (χ2n) is 5.30. The summed E-state index contributed by atoms with van der Waals surface area (Å²) in [7, 11) is 1.51. The number of phenols is 2. The Hall–Kier alpha value is -2.49. The van der Waals surface area contributed by atoms with Crippen LogP contribution in [0.2, 0.25) is 0 Å². The van der Waals surface area contributed by atoms with Crippen molar-refractivity contribution in [3.05, 3.63) is 51.6 Å². The number of carbonyl (C=O) groups excluding carboxylic acids is 1. The molecule has 2 aromatic carbocycles. The summed E-state index contributed by atoms with van der Waals surface area (Å²) in [5, 5.41) is 20.4. The molecule has 0 bridgehead atoms. The van der Waals surface area contributed by atoms with Gasteiger partial charge in [0.1, 0.15) is 17.2 Å². The highest BCUT2D eigenvalue weighted by Crippen LogP contribution is 2.44. The summed E-state index contributed by atoms with van der Waals surface area (Å²) in [6, 6.07) is 4.98. The lowest BCUT2D eigenvalue weighted by Gasteiger charge is -2.24. The van der Waals surface area contributed by atoms with Gasteiger partial charge in [-0.15, -0.1) is 0 Å². The Morgan fingerprint density at radius 3 is 2.48 bits per heavy atom. The minimum absolute atomic E-state index is 0.0390. The smallest absolute Gasteiger partial charge is 0.201 e. The molecule has 0 heterocycles. The average molecular weight is 284 g/mol. The number of hydrogen-bond acceptors (Lipinski definition) is 4. The van der Waals surface area contributed by atoms with Crippen molar-refractivity contribution in [3.8, 4) is 17.2 Å². The summed E-state index contributed by atoms with van der Waals surface area (Å²) >= 11 is 0. The van der Waals surface area contributed by atoms with Crippen LogP contribution in [0.25, 0.3) is 0 Å². The van der Waals surface area contributed by atoms with E-state index in [4.69, 9.17) is 4.74 Å². The molecule has 108 valence electrons. The summed E-state index contributed by atoms with van der Waals surface area (Å²) < 4.78 is 5.39. The van der Waals surface area contributed by atoms with Crippen LogP contribution in [-0.2, 0) is 6.42 Å². The molecule has 0 aliphatic heterocycles. The Labute approximate surface area is 122 Å². The minimum atomic E-state index is -0.306. The van der Waals surface area contributed by atoms with Crippen LogP contribution in [0.5, 0.6) is 17.2 Å². The number of ether oxygens (including phenoxy) is 1. The number of rotatable bonds is 1. The first-order chi connectivity index (χ1) is 9.97. The van der Waals surface area contributed by atoms with Crippen LogP contribution in [0.15, 0.2) is 18.2 Å². The van der Waals surface area contributed by atoms with Crippen LogP contribution in [-0.4, -0.2) is 23.1 Å². The van der Waals surface area contributed by atoms with E-state index in [9.17, 15) is 15.0 Å². The monoisotopic (exact) mass is 284 g/mol. The first-order valence-electron chi connectivity index (χ1n) is 6.71. The van der Waals surface area contributed by atoms with E-state index in [2.05, 4.69) is 0 Å². The molecule has 4 nitrogen and oxygen atoms in total. The fraction of sp³-hybridized carbons (Fsp3) is 0.235. The van der Waals surface area contributed by atoms with Crippen LogP contribution in [0.4, 0.5) is 0 Å². The zero-order valence-corrected chi connectivity index (χ0v) is 12.2. The molecule has 0 atom stereocenters. The Balaban J connectivity index is 2.38. The number of ketones is 1. The van der Waals surface area contributed by atoms with Gasteiger partial charge in [0.2, 0.25) is 5.78 Å². The molecule has 2 aromatic rings. The predicted octanol–water partition coefficient (Wildman–Crippen LogP) is 2.86. The van der Waals surface area contributed by atoms with Crippen molar-refractivity contribution in [1.29, 1.82) is 0 Å². The van der Waals surface area contributed by atoms with Gasteiger partial charge in [-0.05, 0) is 36.6 Å². The lowest BCUT2D eigenvalue weighted by Crippen LogP contribution is -2.18. The van der Waals surface area contributed by atoms with Crippen LogP contribution in [0, 0.1) is 13.8 Å². The number of hydrogen-bond donors (Lipinski definition) is 2. The summed E-state index contributed by atoms with van der Waals surface area (Å²) in [4.78, 5) is 12.8. The lowest BCUT2D eigenvalue weighted by molar-refractivity contribution is 0.102. The standard InChI is InChI=1S/C17H16O4/c1-8-9(2)17(21-3)14-11(15(8)19)7-10-5-4-6-12(18)13(10)16(14)20/h4-6,18-19H,7H2,1-3H3. The second kappa shape index (κ2) is 4.52. The zero-order chi connectivity index (χ0) is 15.3. The Kier molecular flexibility index (Phi) is 2.90. The van der Waals surface area contributed by atoms with Gasteiger partial charge in [0.05, 0.1) is 18.2 Å². The molecule has 0 saturated carbocycles. The lowest BCUT2D eigenvalue weighted by atomic mass is 9.81.